The number of hydrogen-bond donors (Lipinski definition) is 0. The number of hydrogen-bond acceptors (Lipinski definition) is 5. The Hall–Kier alpha value is -5.62. The van der Waals surface area contributed by atoms with Gasteiger partial charge in [-0.15, -0.1) is 0 Å². The van der Waals surface area contributed by atoms with Gasteiger partial charge in [0.15, 0.2) is 34.5 Å². The Morgan fingerprint density at radius 1 is 0.512 bits per heavy atom. The van der Waals surface area contributed by atoms with E-state index in [-0.39, 0.29) is 6.85 Å². The predicted octanol–water partition coefficient (Wildman–Crippen LogP) is 8.71. The van der Waals surface area contributed by atoms with E-state index in [1.807, 2.05) is 36.4 Å². The number of nitrogens with zero attached hydrogens (tertiary/aromatic N) is 2. The van der Waals surface area contributed by atoms with Crippen LogP contribution in [0.4, 0.5) is 28.4 Å². The second-order valence-electron chi connectivity index (χ2n) is 11.4. The zero-order valence-electron chi connectivity index (χ0n) is 23.2. The fourth-order valence-corrected chi connectivity index (χ4v) is 7.19. The molecule has 0 radical (unpaired) electrons. The SMILES string of the molecule is Cc1cc2c3c(c1)N1c4ccccc4Oc4cccc(c41)B3N(c1ccccc1)c1cc3c(cc1-2)Oc1ccccc1O3. The first kappa shape index (κ1) is 23.0. The van der Waals surface area contributed by atoms with Crippen molar-refractivity contribution < 1.29 is 14.2 Å². The lowest BCUT2D eigenvalue weighted by Crippen LogP contribution is -2.61. The minimum Gasteiger partial charge on any atom is -0.453 e. The highest BCUT2D eigenvalue weighted by molar-refractivity contribution is 6.93. The summed E-state index contributed by atoms with van der Waals surface area (Å²) in [5.41, 5.74) is 11.4. The van der Waals surface area contributed by atoms with Gasteiger partial charge < -0.3 is 23.9 Å². The number of rotatable bonds is 1. The minimum absolute atomic E-state index is 0.0876. The molecule has 43 heavy (non-hydrogen) atoms. The molecule has 202 valence electrons. The molecule has 6 aromatic rings. The fraction of sp³-hybridized carbons (Fsp3) is 0.0270. The third kappa shape index (κ3) is 3.07. The van der Waals surface area contributed by atoms with Crippen molar-refractivity contribution in [3.05, 3.63) is 127 Å². The van der Waals surface area contributed by atoms with Crippen molar-refractivity contribution in [2.45, 2.75) is 6.92 Å². The van der Waals surface area contributed by atoms with E-state index in [9.17, 15) is 0 Å². The fourth-order valence-electron chi connectivity index (χ4n) is 7.19. The van der Waals surface area contributed by atoms with Crippen LogP contribution in [0.5, 0.6) is 34.5 Å². The van der Waals surface area contributed by atoms with Crippen molar-refractivity contribution in [2.75, 3.05) is 9.71 Å². The molecule has 4 aliphatic heterocycles. The van der Waals surface area contributed by atoms with Crippen molar-refractivity contribution in [1.82, 2.24) is 0 Å². The minimum atomic E-state index is -0.0876. The van der Waals surface area contributed by atoms with Crippen molar-refractivity contribution in [3.8, 4) is 45.6 Å². The van der Waals surface area contributed by atoms with Gasteiger partial charge in [-0.3, -0.25) is 0 Å². The van der Waals surface area contributed by atoms with Gasteiger partial charge in [0.2, 0.25) is 0 Å². The lowest BCUT2D eigenvalue weighted by molar-refractivity contribution is 0.360. The molecule has 0 saturated carbocycles. The van der Waals surface area contributed by atoms with Crippen LogP contribution >= 0.6 is 0 Å². The van der Waals surface area contributed by atoms with Gasteiger partial charge in [-0.2, -0.15) is 0 Å². The second-order valence-corrected chi connectivity index (χ2v) is 11.4. The van der Waals surface area contributed by atoms with E-state index in [0.717, 1.165) is 57.1 Å². The molecule has 4 aliphatic rings. The molecular formula is C37H23BN2O3. The van der Waals surface area contributed by atoms with Crippen LogP contribution in [-0.2, 0) is 0 Å². The normalized spacial score (nSPS) is 14.1. The van der Waals surface area contributed by atoms with Gasteiger partial charge in [-0.05, 0) is 83.6 Å². The number of aryl methyl sites for hydroxylation is 1. The van der Waals surface area contributed by atoms with Gasteiger partial charge in [-0.25, -0.2) is 0 Å². The Balaban J connectivity index is 1.31. The maximum absolute atomic E-state index is 6.53. The molecule has 0 saturated heterocycles. The Bertz CT molecular complexity index is 2160. The van der Waals surface area contributed by atoms with Crippen molar-refractivity contribution in [3.63, 3.8) is 0 Å². The van der Waals surface area contributed by atoms with Gasteiger partial charge >= 0.3 is 6.85 Å². The van der Waals surface area contributed by atoms with Gasteiger partial charge in [0, 0.05) is 28.7 Å². The van der Waals surface area contributed by atoms with E-state index in [1.54, 1.807) is 0 Å². The average molecular weight is 554 g/mol. The molecule has 6 aromatic carbocycles. The molecule has 0 aliphatic carbocycles. The number of para-hydroxylation sites is 6. The first-order valence-electron chi connectivity index (χ1n) is 14.5. The zero-order chi connectivity index (χ0) is 28.2. The molecule has 0 unspecified atom stereocenters. The van der Waals surface area contributed by atoms with Crippen LogP contribution in [0.3, 0.4) is 0 Å². The Kier molecular flexibility index (Phi) is 4.40. The first-order chi connectivity index (χ1) is 21.2. The smallest absolute Gasteiger partial charge is 0.333 e. The number of benzene rings is 6. The maximum Gasteiger partial charge on any atom is 0.333 e. The molecular weight excluding hydrogens is 531 g/mol. The van der Waals surface area contributed by atoms with Crippen LogP contribution in [0.2, 0.25) is 0 Å². The van der Waals surface area contributed by atoms with Crippen molar-refractivity contribution in [1.29, 1.82) is 0 Å². The summed E-state index contributed by atoms with van der Waals surface area (Å²) in [5, 5.41) is 0. The van der Waals surface area contributed by atoms with Crippen LogP contribution in [0.25, 0.3) is 11.1 Å². The maximum atomic E-state index is 6.53. The summed E-state index contributed by atoms with van der Waals surface area (Å²) in [6.45, 7) is 2.09. The summed E-state index contributed by atoms with van der Waals surface area (Å²) in [6, 6.07) is 42.1. The van der Waals surface area contributed by atoms with E-state index < -0.39 is 0 Å². The van der Waals surface area contributed by atoms with Crippen molar-refractivity contribution in [2.24, 2.45) is 0 Å². The van der Waals surface area contributed by atoms with Crippen LogP contribution < -0.4 is 34.8 Å². The number of anilines is 5. The van der Waals surface area contributed by atoms with E-state index in [4.69, 9.17) is 14.2 Å². The number of fused-ring (bicyclic) bond motifs is 8. The van der Waals surface area contributed by atoms with Gasteiger partial charge in [-0.1, -0.05) is 60.7 Å². The van der Waals surface area contributed by atoms with Crippen LogP contribution in [0, 0.1) is 6.92 Å². The van der Waals surface area contributed by atoms with E-state index in [1.165, 1.54) is 27.7 Å². The highest BCUT2D eigenvalue weighted by Gasteiger charge is 2.47. The summed E-state index contributed by atoms with van der Waals surface area (Å²) in [4.78, 5) is 4.85. The van der Waals surface area contributed by atoms with Gasteiger partial charge in [0.05, 0.1) is 11.4 Å². The molecule has 0 spiro atoms. The van der Waals surface area contributed by atoms with Crippen LogP contribution in [0.1, 0.15) is 5.56 Å². The van der Waals surface area contributed by atoms with Crippen LogP contribution in [0.15, 0.2) is 121 Å². The van der Waals surface area contributed by atoms with Crippen LogP contribution in [-0.4, -0.2) is 6.85 Å². The molecule has 0 fully saturated rings. The predicted molar refractivity (Wildman–Crippen MR) is 172 cm³/mol. The summed E-state index contributed by atoms with van der Waals surface area (Å²) < 4.78 is 19.4. The van der Waals surface area contributed by atoms with E-state index in [0.29, 0.717) is 5.75 Å². The highest BCUT2D eigenvalue weighted by Crippen LogP contribution is 2.56. The largest absolute Gasteiger partial charge is 0.453 e. The molecule has 0 amide bonds. The average Bonchev–Trinajstić information content (AvgIpc) is 3.04. The zero-order valence-corrected chi connectivity index (χ0v) is 23.2. The Morgan fingerprint density at radius 3 is 2.00 bits per heavy atom. The molecule has 0 N–H and O–H groups in total. The summed E-state index contributed by atoms with van der Waals surface area (Å²) in [6.07, 6.45) is 0. The highest BCUT2D eigenvalue weighted by atomic mass is 16.6. The molecule has 0 bridgehead atoms. The summed E-state index contributed by atoms with van der Waals surface area (Å²) >= 11 is 0. The Morgan fingerprint density at radius 2 is 1.19 bits per heavy atom. The molecule has 0 atom stereocenters. The summed E-state index contributed by atoms with van der Waals surface area (Å²) in [7, 11) is 0. The molecule has 10 rings (SSSR count). The van der Waals surface area contributed by atoms with E-state index in [2.05, 4.69) is 102 Å². The standard InChI is InChI=1S/C37H23BN2O3/c1-22-18-25-24-20-34-35(43-32-16-8-7-15-31(32)42-34)21-28(24)40(23-10-3-2-4-11-23)38-26-12-9-17-33-37(26)39(29(19-22)36(25)38)27-13-5-6-14-30(27)41-33/h2-21H,1H3. The summed E-state index contributed by atoms with van der Waals surface area (Å²) in [5.74, 6) is 4.59. The third-order valence-electron chi connectivity index (χ3n) is 8.88. The number of ether oxygens (including phenoxy) is 3. The lowest BCUT2D eigenvalue weighted by atomic mass is 9.43. The Labute approximate surface area is 249 Å². The molecule has 5 nitrogen and oxygen atoms in total. The lowest BCUT2D eigenvalue weighted by Gasteiger charge is -2.47. The molecule has 0 aromatic heterocycles. The molecule has 6 heteroatoms. The topological polar surface area (TPSA) is 34.2 Å². The molecule has 4 heterocycles. The first-order valence-corrected chi connectivity index (χ1v) is 14.5. The third-order valence-corrected chi connectivity index (χ3v) is 8.88. The van der Waals surface area contributed by atoms with E-state index >= 15 is 0 Å². The monoisotopic (exact) mass is 554 g/mol. The quantitative estimate of drug-likeness (QED) is 0.190. The van der Waals surface area contributed by atoms with Crippen molar-refractivity contribution >= 4 is 46.2 Å². The van der Waals surface area contributed by atoms with Gasteiger partial charge in [0.25, 0.3) is 0 Å². The second kappa shape index (κ2) is 8.23. The van der Waals surface area contributed by atoms with Gasteiger partial charge in [0.1, 0.15) is 0 Å².